The van der Waals surface area contributed by atoms with Crippen LogP contribution in [-0.2, 0) is 25.5 Å². The molecule has 202 valence electrons. The highest BCUT2D eigenvalue weighted by Crippen LogP contribution is 2.75. The van der Waals surface area contributed by atoms with E-state index in [1.54, 1.807) is 59.3 Å². The maximum absolute atomic E-state index is 12.9. The highest BCUT2D eigenvalue weighted by atomic mass is 33.2. The molecule has 3 atom stereocenters. The molecule has 0 spiro atoms. The molecule has 8 nitrogen and oxygen atoms in total. The third-order valence-corrected chi connectivity index (χ3v) is 21.1. The van der Waals surface area contributed by atoms with Crippen LogP contribution in [0.5, 0.6) is 0 Å². The topological polar surface area (TPSA) is 91.7 Å². The third kappa shape index (κ3) is 7.16. The number of nitrogens with zero attached hydrogens (tertiary/aromatic N) is 2. The van der Waals surface area contributed by atoms with E-state index in [1.807, 2.05) is 6.07 Å². The maximum Gasteiger partial charge on any atom is 0.351 e. The van der Waals surface area contributed by atoms with Gasteiger partial charge in [0.15, 0.2) is 13.0 Å². The molecule has 0 unspecified atom stereocenters. The van der Waals surface area contributed by atoms with E-state index < -0.39 is 24.9 Å². The summed E-state index contributed by atoms with van der Waals surface area (Å²) in [6.45, 7) is 11.4. The van der Waals surface area contributed by atoms with Gasteiger partial charge in [-0.05, 0) is 48.1 Å². The quantitative estimate of drug-likeness (QED) is 0.294. The van der Waals surface area contributed by atoms with E-state index >= 15 is 0 Å². The Labute approximate surface area is 232 Å². The number of ether oxygens (including phenoxy) is 1. The fraction of sp³-hybridized carbons (Fsp3) is 0.542. The van der Waals surface area contributed by atoms with Gasteiger partial charge in [-0.2, -0.15) is 4.98 Å². The Morgan fingerprint density at radius 2 is 1.92 bits per heavy atom. The number of aromatic nitrogens is 2. The first-order chi connectivity index (χ1) is 17.4. The van der Waals surface area contributed by atoms with E-state index in [0.717, 1.165) is 11.5 Å². The van der Waals surface area contributed by atoms with E-state index in [9.17, 15) is 9.59 Å². The molecule has 2 aromatic rings. The number of hydrogen-bond acceptors (Lipinski definition) is 9. The van der Waals surface area contributed by atoms with Gasteiger partial charge in [0.05, 0.1) is 12.7 Å². The van der Waals surface area contributed by atoms with Gasteiger partial charge in [0.2, 0.25) is 0 Å². The monoisotopic (exact) mass is 599 g/mol. The zero-order chi connectivity index (χ0) is 26.8. The lowest BCUT2D eigenvalue weighted by Crippen LogP contribution is -2.44. The second-order valence-electron chi connectivity index (χ2n) is 10.5. The van der Waals surface area contributed by atoms with Crippen molar-refractivity contribution in [3.63, 3.8) is 0 Å². The molecule has 0 saturated carbocycles. The third-order valence-electron chi connectivity index (χ3n) is 6.86. The van der Waals surface area contributed by atoms with E-state index in [1.165, 1.54) is 4.57 Å². The summed E-state index contributed by atoms with van der Waals surface area (Å²) in [7, 11) is -2.01. The Morgan fingerprint density at radius 1 is 1.24 bits per heavy atom. The van der Waals surface area contributed by atoms with E-state index in [2.05, 4.69) is 44.2 Å². The lowest BCUT2D eigenvalue weighted by Gasteiger charge is -2.37. The summed E-state index contributed by atoms with van der Waals surface area (Å²) in [5.41, 5.74) is -0.0194. The van der Waals surface area contributed by atoms with Crippen LogP contribution in [0.3, 0.4) is 0 Å². The van der Waals surface area contributed by atoms with Crippen LogP contribution in [0.25, 0.3) is 0 Å². The molecule has 1 N–H and O–H groups in total. The Kier molecular flexibility index (Phi) is 9.12. The predicted octanol–water partition coefficient (Wildman–Crippen LogP) is 5.89. The van der Waals surface area contributed by atoms with Crippen LogP contribution in [0.4, 0.5) is 5.82 Å². The predicted molar refractivity (Wildman–Crippen MR) is 159 cm³/mol. The zero-order valence-corrected chi connectivity index (χ0v) is 26.1. The summed E-state index contributed by atoms with van der Waals surface area (Å²) < 4.78 is 18.7. The van der Waals surface area contributed by atoms with Crippen molar-refractivity contribution in [2.75, 3.05) is 23.4 Å². The second kappa shape index (κ2) is 11.6. The molecular weight excluding hydrogens is 566 g/mol. The minimum atomic E-state index is -2.04. The molecule has 2 aliphatic heterocycles. The van der Waals surface area contributed by atoms with Gasteiger partial charge in [0.25, 0.3) is 5.91 Å². The molecular formula is C24H34N3O5PS3Si. The minimum Gasteiger partial charge on any atom is -0.414 e. The average Bonchev–Trinajstić information content (AvgIpc) is 3.43. The van der Waals surface area contributed by atoms with Crippen molar-refractivity contribution in [2.45, 2.75) is 63.8 Å². The van der Waals surface area contributed by atoms with Crippen LogP contribution in [-0.4, -0.2) is 54.1 Å². The molecule has 1 aromatic heterocycles. The molecule has 0 radical (unpaired) electrons. The maximum atomic E-state index is 12.9. The summed E-state index contributed by atoms with van der Waals surface area (Å²) in [5.74, 6) is 1.84. The molecule has 2 fully saturated rings. The largest absolute Gasteiger partial charge is 0.414 e. The molecule has 13 heteroatoms. The molecule has 37 heavy (non-hydrogen) atoms. The van der Waals surface area contributed by atoms with Crippen LogP contribution in [0.2, 0.25) is 18.1 Å². The summed E-state index contributed by atoms with van der Waals surface area (Å²) in [6.07, 6.45) is 0.902. The number of benzene rings is 1. The van der Waals surface area contributed by atoms with Crippen LogP contribution in [0.15, 0.2) is 47.4 Å². The molecule has 2 saturated heterocycles. The van der Waals surface area contributed by atoms with Gasteiger partial charge in [0.1, 0.15) is 18.1 Å². The van der Waals surface area contributed by atoms with Crippen LogP contribution in [0.1, 0.15) is 43.8 Å². The Morgan fingerprint density at radius 3 is 2.54 bits per heavy atom. The molecule has 2 aliphatic rings. The average molecular weight is 600 g/mol. The molecule has 3 heterocycles. The van der Waals surface area contributed by atoms with Crippen molar-refractivity contribution < 1.29 is 18.5 Å². The van der Waals surface area contributed by atoms with Crippen molar-refractivity contribution in [1.29, 1.82) is 0 Å². The number of anilines is 1. The Hall–Kier alpha value is -0.983. The number of carbonyl (C=O) groups excluding carboxylic acids is 1. The highest BCUT2D eigenvalue weighted by molar-refractivity contribution is 9.00. The second-order valence-corrected chi connectivity index (χ2v) is 26.0. The van der Waals surface area contributed by atoms with Gasteiger partial charge in [-0.25, -0.2) is 4.79 Å². The number of rotatable bonds is 8. The SMILES string of the molecule is CC(C)(C)[Si](C)(C)OC[C@H]1O[C@@H](n2ccc(NC(=O)c3ccccc3)nc2=O)C[C@@H]1OP1(=S)SCCS1. The number of amides is 1. The van der Waals surface area contributed by atoms with Gasteiger partial charge in [0, 0.05) is 29.7 Å². The van der Waals surface area contributed by atoms with Crippen molar-refractivity contribution in [3.8, 4) is 0 Å². The summed E-state index contributed by atoms with van der Waals surface area (Å²) in [6, 6.07) is 10.4. The highest BCUT2D eigenvalue weighted by Gasteiger charge is 2.44. The molecule has 0 bridgehead atoms. The normalized spacial score (nSPS) is 23.8. The van der Waals surface area contributed by atoms with Crippen molar-refractivity contribution in [2.24, 2.45) is 0 Å². The van der Waals surface area contributed by atoms with Gasteiger partial charge >= 0.3 is 5.69 Å². The molecule has 0 aliphatic carbocycles. The molecule has 1 amide bonds. The molecule has 1 aromatic carbocycles. The van der Waals surface area contributed by atoms with Crippen molar-refractivity contribution in [1.82, 2.24) is 9.55 Å². The number of nitrogens with one attached hydrogen (secondary N) is 1. The van der Waals surface area contributed by atoms with Gasteiger partial charge < -0.3 is 19.0 Å². The van der Waals surface area contributed by atoms with Crippen molar-refractivity contribution >= 4 is 59.3 Å². The van der Waals surface area contributed by atoms with E-state index in [4.69, 9.17) is 25.5 Å². The summed E-state index contributed by atoms with van der Waals surface area (Å²) in [4.78, 5) is 29.5. The number of hydrogen-bond donors (Lipinski definition) is 1. The lowest BCUT2D eigenvalue weighted by atomic mass is 10.2. The Bertz CT molecular complexity index is 1210. The first-order valence-electron chi connectivity index (χ1n) is 12.2. The fourth-order valence-electron chi connectivity index (χ4n) is 3.68. The summed E-state index contributed by atoms with van der Waals surface area (Å²) >= 11 is 9.31. The smallest absolute Gasteiger partial charge is 0.351 e. The first-order valence-corrected chi connectivity index (χ1v) is 21.0. The minimum absolute atomic E-state index is 0.0611. The van der Waals surface area contributed by atoms with Gasteiger partial charge in [-0.3, -0.25) is 9.36 Å². The van der Waals surface area contributed by atoms with E-state index in [-0.39, 0.29) is 29.0 Å². The van der Waals surface area contributed by atoms with Gasteiger partial charge in [-0.15, -0.1) is 0 Å². The zero-order valence-electron chi connectivity index (χ0n) is 21.7. The van der Waals surface area contributed by atoms with Crippen LogP contribution >= 0.6 is 27.4 Å². The number of carbonyl (C=O) groups is 1. The van der Waals surface area contributed by atoms with Crippen molar-refractivity contribution in [3.05, 3.63) is 58.6 Å². The lowest BCUT2D eigenvalue weighted by molar-refractivity contribution is -0.0378. The Balaban J connectivity index is 1.49. The van der Waals surface area contributed by atoms with E-state index in [0.29, 0.717) is 18.6 Å². The van der Waals surface area contributed by atoms with Gasteiger partial charge in [-0.1, -0.05) is 61.7 Å². The summed E-state index contributed by atoms with van der Waals surface area (Å²) in [5, 5.41) is 2.74. The standard InChI is InChI=1S/C24H34N3O5PS3Si/c1-24(2,3)37(4,5)30-16-19-18(32-33(34)35-13-14-36-33)15-21(31-19)27-12-11-20(26-23(27)29)25-22(28)17-9-7-6-8-10-17/h6-12,18-19,21H,13-16H2,1-5H3,(H,25,26,28,29)/t18-,19+,21+/m0/s1. The fourth-order valence-corrected chi connectivity index (χ4v) is 14.1. The van der Waals surface area contributed by atoms with Crippen LogP contribution in [0, 0.1) is 0 Å². The first kappa shape index (κ1) is 29.0. The molecule has 4 rings (SSSR count). The van der Waals surface area contributed by atoms with Crippen LogP contribution < -0.4 is 11.0 Å².